The minimum atomic E-state index is -0.451. The number of nitrogens with zero attached hydrogens (tertiary/aromatic N) is 1. The van der Waals surface area contributed by atoms with Gasteiger partial charge >= 0.3 is 0 Å². The Morgan fingerprint density at radius 2 is 1.45 bits per heavy atom. The van der Waals surface area contributed by atoms with Crippen LogP contribution in [0.4, 0.5) is 11.4 Å². The molecule has 3 aromatic carbocycles. The summed E-state index contributed by atoms with van der Waals surface area (Å²) >= 11 is 0. The van der Waals surface area contributed by atoms with E-state index in [4.69, 9.17) is 0 Å². The zero-order valence-corrected chi connectivity index (χ0v) is 18.3. The van der Waals surface area contributed by atoms with Gasteiger partial charge < -0.3 is 15.5 Å². The van der Waals surface area contributed by atoms with E-state index >= 15 is 0 Å². The Labute approximate surface area is 184 Å². The van der Waals surface area contributed by atoms with Crippen molar-refractivity contribution in [3.05, 3.63) is 95.6 Å². The number of amides is 2. The molecule has 0 fully saturated rings. The molecule has 0 aliphatic rings. The second-order valence-electron chi connectivity index (χ2n) is 7.63. The number of carbonyl (C=O) groups excluding carboxylic acids is 2. The van der Waals surface area contributed by atoms with Crippen LogP contribution < -0.4 is 15.5 Å². The van der Waals surface area contributed by atoms with Crippen molar-refractivity contribution in [2.75, 3.05) is 30.9 Å². The molecule has 0 aliphatic carbocycles. The van der Waals surface area contributed by atoms with Crippen LogP contribution in [-0.2, 0) is 4.79 Å². The molecule has 0 radical (unpaired) electrons. The quantitative estimate of drug-likeness (QED) is 0.562. The molecule has 0 saturated heterocycles. The maximum atomic E-state index is 13.4. The van der Waals surface area contributed by atoms with Crippen LogP contribution in [0.15, 0.2) is 78.9 Å². The smallest absolute Gasteiger partial charge is 0.253 e. The Morgan fingerprint density at radius 3 is 1.97 bits per heavy atom. The predicted octanol–water partition coefficient (Wildman–Crippen LogP) is 4.66. The molecule has 5 nitrogen and oxygen atoms in total. The summed E-state index contributed by atoms with van der Waals surface area (Å²) in [5.41, 5.74) is 3.75. The Balaban J connectivity index is 1.92. The van der Waals surface area contributed by atoms with Crippen LogP contribution in [0, 0.1) is 0 Å². The summed E-state index contributed by atoms with van der Waals surface area (Å²) < 4.78 is 0. The van der Waals surface area contributed by atoms with Crippen molar-refractivity contribution in [2.45, 2.75) is 19.3 Å². The minimum absolute atomic E-state index is 0.144. The summed E-state index contributed by atoms with van der Waals surface area (Å²) in [5.74, 6) is -0.743. The first-order chi connectivity index (χ1) is 15.0. The summed E-state index contributed by atoms with van der Waals surface area (Å²) in [6, 6.07) is 24.8. The van der Waals surface area contributed by atoms with E-state index in [0.29, 0.717) is 17.8 Å². The highest BCUT2D eigenvalue weighted by Crippen LogP contribution is 2.28. The lowest BCUT2D eigenvalue weighted by atomic mass is 9.90. The number of anilines is 2. The van der Waals surface area contributed by atoms with E-state index in [1.54, 1.807) is 6.07 Å². The molecular weight excluding hydrogens is 386 g/mol. The van der Waals surface area contributed by atoms with E-state index in [1.807, 2.05) is 98.7 Å². The number of hydrogen-bond acceptors (Lipinski definition) is 3. The third-order valence-corrected chi connectivity index (χ3v) is 5.05. The maximum Gasteiger partial charge on any atom is 0.253 e. The van der Waals surface area contributed by atoms with Gasteiger partial charge in [0.1, 0.15) is 0 Å². The van der Waals surface area contributed by atoms with Crippen molar-refractivity contribution < 1.29 is 9.59 Å². The Bertz CT molecular complexity index is 978. The highest BCUT2D eigenvalue weighted by Gasteiger charge is 2.23. The first kappa shape index (κ1) is 22.1. The molecule has 0 spiro atoms. The van der Waals surface area contributed by atoms with Gasteiger partial charge in [0.05, 0.1) is 11.5 Å². The van der Waals surface area contributed by atoms with Crippen LogP contribution in [-0.4, -0.2) is 32.5 Å². The molecule has 3 rings (SSSR count). The molecule has 0 atom stereocenters. The van der Waals surface area contributed by atoms with E-state index in [0.717, 1.165) is 23.2 Å². The van der Waals surface area contributed by atoms with E-state index < -0.39 is 5.92 Å². The monoisotopic (exact) mass is 415 g/mol. The van der Waals surface area contributed by atoms with Crippen LogP contribution in [0.5, 0.6) is 0 Å². The highest BCUT2D eigenvalue weighted by atomic mass is 16.2. The van der Waals surface area contributed by atoms with Gasteiger partial charge in [0.2, 0.25) is 5.91 Å². The molecule has 2 amide bonds. The topological polar surface area (TPSA) is 61.4 Å². The van der Waals surface area contributed by atoms with E-state index in [9.17, 15) is 9.59 Å². The van der Waals surface area contributed by atoms with Crippen molar-refractivity contribution in [1.82, 2.24) is 5.32 Å². The van der Waals surface area contributed by atoms with Crippen LogP contribution in [0.1, 0.15) is 40.7 Å². The van der Waals surface area contributed by atoms with E-state index in [-0.39, 0.29) is 11.8 Å². The molecule has 0 unspecified atom stereocenters. The maximum absolute atomic E-state index is 13.4. The molecule has 0 aliphatic heterocycles. The summed E-state index contributed by atoms with van der Waals surface area (Å²) in [4.78, 5) is 27.9. The molecule has 160 valence electrons. The number of benzene rings is 3. The van der Waals surface area contributed by atoms with Crippen molar-refractivity contribution in [3.8, 4) is 0 Å². The van der Waals surface area contributed by atoms with Crippen molar-refractivity contribution in [2.24, 2.45) is 0 Å². The molecule has 0 heterocycles. The fourth-order valence-corrected chi connectivity index (χ4v) is 3.52. The van der Waals surface area contributed by atoms with E-state index in [1.165, 1.54) is 0 Å². The average molecular weight is 416 g/mol. The second-order valence-corrected chi connectivity index (χ2v) is 7.63. The molecule has 5 heteroatoms. The largest absolute Gasteiger partial charge is 0.377 e. The lowest BCUT2D eigenvalue weighted by molar-refractivity contribution is -0.116. The highest BCUT2D eigenvalue weighted by molar-refractivity contribution is 6.03. The second kappa shape index (κ2) is 10.4. The van der Waals surface area contributed by atoms with Gasteiger partial charge in [-0.1, -0.05) is 67.6 Å². The zero-order valence-electron chi connectivity index (χ0n) is 18.3. The third-order valence-electron chi connectivity index (χ3n) is 5.05. The first-order valence-corrected chi connectivity index (χ1v) is 10.5. The fourth-order valence-electron chi connectivity index (χ4n) is 3.52. The number of nitrogens with one attached hydrogen (secondary N) is 2. The first-order valence-electron chi connectivity index (χ1n) is 10.5. The van der Waals surface area contributed by atoms with Crippen molar-refractivity contribution >= 4 is 23.2 Å². The minimum Gasteiger partial charge on any atom is -0.377 e. The molecule has 0 saturated carbocycles. The summed E-state index contributed by atoms with van der Waals surface area (Å²) in [5, 5.41) is 5.94. The van der Waals surface area contributed by atoms with Crippen LogP contribution >= 0.6 is 0 Å². The third kappa shape index (κ3) is 5.51. The standard InChI is InChI=1S/C26H29N3O2/c1-4-17-27-25(30)22-18-21(15-16-23(22)29(2)3)28-26(31)24(19-11-7-5-8-12-19)20-13-9-6-10-14-20/h5-16,18,24H,4,17H2,1-3H3,(H,27,30)(H,28,31). The van der Waals surface area contributed by atoms with Crippen LogP contribution in [0.2, 0.25) is 0 Å². The summed E-state index contributed by atoms with van der Waals surface area (Å²) in [7, 11) is 3.79. The van der Waals surface area contributed by atoms with Gasteiger partial charge in [0.15, 0.2) is 0 Å². The molecular formula is C26H29N3O2. The van der Waals surface area contributed by atoms with Gasteiger partial charge in [-0.2, -0.15) is 0 Å². The van der Waals surface area contributed by atoms with Gasteiger partial charge in [-0.05, 0) is 35.7 Å². The van der Waals surface area contributed by atoms with Crippen LogP contribution in [0.25, 0.3) is 0 Å². The van der Waals surface area contributed by atoms with Gasteiger partial charge in [-0.25, -0.2) is 0 Å². The Kier molecular flexibility index (Phi) is 7.44. The Morgan fingerprint density at radius 1 is 0.871 bits per heavy atom. The fraction of sp³-hybridized carbons (Fsp3) is 0.231. The van der Waals surface area contributed by atoms with Gasteiger partial charge in [-0.3, -0.25) is 9.59 Å². The number of hydrogen-bond donors (Lipinski definition) is 2. The molecule has 0 aromatic heterocycles. The number of carbonyl (C=O) groups is 2. The molecule has 31 heavy (non-hydrogen) atoms. The zero-order chi connectivity index (χ0) is 22.2. The number of rotatable bonds is 8. The predicted molar refractivity (Wildman–Crippen MR) is 127 cm³/mol. The lowest BCUT2D eigenvalue weighted by Crippen LogP contribution is -2.27. The van der Waals surface area contributed by atoms with Gasteiger partial charge in [0, 0.05) is 32.0 Å². The Hall–Kier alpha value is -3.60. The molecule has 2 N–H and O–H groups in total. The van der Waals surface area contributed by atoms with Crippen molar-refractivity contribution in [3.63, 3.8) is 0 Å². The SMILES string of the molecule is CCCNC(=O)c1cc(NC(=O)C(c2ccccc2)c2ccccc2)ccc1N(C)C. The summed E-state index contributed by atoms with van der Waals surface area (Å²) in [6.07, 6.45) is 0.856. The normalized spacial score (nSPS) is 10.6. The lowest BCUT2D eigenvalue weighted by Gasteiger charge is -2.20. The molecule has 0 bridgehead atoms. The molecule has 3 aromatic rings. The van der Waals surface area contributed by atoms with Crippen LogP contribution in [0.3, 0.4) is 0 Å². The van der Waals surface area contributed by atoms with Crippen molar-refractivity contribution in [1.29, 1.82) is 0 Å². The summed E-state index contributed by atoms with van der Waals surface area (Å²) in [6.45, 7) is 2.61. The van der Waals surface area contributed by atoms with E-state index in [2.05, 4.69) is 10.6 Å². The average Bonchev–Trinajstić information content (AvgIpc) is 2.79. The van der Waals surface area contributed by atoms with Gasteiger partial charge in [0.25, 0.3) is 5.91 Å². The van der Waals surface area contributed by atoms with Gasteiger partial charge in [-0.15, -0.1) is 0 Å².